The van der Waals surface area contributed by atoms with Gasteiger partial charge in [0, 0.05) is 44.2 Å². The molecular formula is C22H22FN5O3. The standard InChI is InChI=1S/C22H22FN5O3/c23-15-5-3-14(4-6-15)12-26-22(31)20-21(30)19-16(2-1-8-25-19)17(27-20)7-10-28-11-9-24-18(29)13-28/h1-6,8,30H,7,9-13H2,(H,24,29)(H,26,31). The minimum absolute atomic E-state index is 0.0164. The van der Waals surface area contributed by atoms with E-state index in [1.807, 2.05) is 4.90 Å². The van der Waals surface area contributed by atoms with Gasteiger partial charge < -0.3 is 15.7 Å². The van der Waals surface area contributed by atoms with E-state index in [4.69, 9.17) is 0 Å². The second kappa shape index (κ2) is 9.05. The highest BCUT2D eigenvalue weighted by molar-refractivity contribution is 6.01. The van der Waals surface area contributed by atoms with Crippen molar-refractivity contribution < 1.29 is 19.1 Å². The topological polar surface area (TPSA) is 107 Å². The fourth-order valence-electron chi connectivity index (χ4n) is 3.55. The van der Waals surface area contributed by atoms with Crippen molar-refractivity contribution in [2.24, 2.45) is 0 Å². The Bertz CT molecular complexity index is 1120. The maximum absolute atomic E-state index is 13.1. The lowest BCUT2D eigenvalue weighted by molar-refractivity contribution is -0.124. The maximum Gasteiger partial charge on any atom is 0.274 e. The molecule has 2 amide bonds. The van der Waals surface area contributed by atoms with Crippen LogP contribution in [-0.2, 0) is 17.8 Å². The van der Waals surface area contributed by atoms with Crippen molar-refractivity contribution in [1.82, 2.24) is 25.5 Å². The van der Waals surface area contributed by atoms with Crippen LogP contribution in [0.3, 0.4) is 0 Å². The molecule has 0 bridgehead atoms. The number of carbonyl (C=O) groups is 2. The van der Waals surface area contributed by atoms with Crippen LogP contribution in [0.2, 0.25) is 0 Å². The van der Waals surface area contributed by atoms with Gasteiger partial charge in [0.2, 0.25) is 5.91 Å². The van der Waals surface area contributed by atoms with Gasteiger partial charge >= 0.3 is 0 Å². The summed E-state index contributed by atoms with van der Waals surface area (Å²) in [6.07, 6.45) is 2.04. The van der Waals surface area contributed by atoms with Gasteiger partial charge in [0.25, 0.3) is 5.91 Å². The number of fused-ring (bicyclic) bond motifs is 1. The van der Waals surface area contributed by atoms with Crippen molar-refractivity contribution >= 4 is 22.7 Å². The molecule has 0 unspecified atom stereocenters. The molecule has 0 radical (unpaired) electrons. The first kappa shape index (κ1) is 20.7. The predicted molar refractivity (Wildman–Crippen MR) is 112 cm³/mol. The Kier molecular flexibility index (Phi) is 6.03. The maximum atomic E-state index is 13.1. The molecule has 1 aliphatic heterocycles. The molecule has 3 N–H and O–H groups in total. The second-order valence-corrected chi connectivity index (χ2v) is 7.34. The lowest BCUT2D eigenvalue weighted by Crippen LogP contribution is -2.48. The van der Waals surface area contributed by atoms with Crippen molar-refractivity contribution in [1.29, 1.82) is 0 Å². The van der Waals surface area contributed by atoms with Gasteiger partial charge in [-0.2, -0.15) is 0 Å². The largest absolute Gasteiger partial charge is 0.504 e. The molecule has 1 aromatic carbocycles. The van der Waals surface area contributed by atoms with Crippen LogP contribution in [0.5, 0.6) is 5.75 Å². The molecule has 1 saturated heterocycles. The molecule has 160 valence electrons. The van der Waals surface area contributed by atoms with E-state index in [9.17, 15) is 19.1 Å². The Morgan fingerprint density at radius 3 is 2.84 bits per heavy atom. The minimum atomic E-state index is -0.548. The van der Waals surface area contributed by atoms with Gasteiger partial charge in [-0.3, -0.25) is 19.5 Å². The molecule has 0 aliphatic carbocycles. The zero-order valence-corrected chi connectivity index (χ0v) is 16.8. The highest BCUT2D eigenvalue weighted by Gasteiger charge is 2.21. The van der Waals surface area contributed by atoms with Crippen molar-refractivity contribution in [2.45, 2.75) is 13.0 Å². The molecule has 9 heteroatoms. The number of aromatic hydroxyl groups is 1. The number of nitrogens with zero attached hydrogens (tertiary/aromatic N) is 3. The SMILES string of the molecule is O=C1CN(CCc2nc(C(=O)NCc3ccc(F)cc3)c(O)c3ncccc23)CCN1. The van der Waals surface area contributed by atoms with Crippen LogP contribution in [0.25, 0.3) is 10.9 Å². The Labute approximate surface area is 178 Å². The van der Waals surface area contributed by atoms with E-state index < -0.39 is 5.91 Å². The van der Waals surface area contributed by atoms with E-state index in [1.54, 1.807) is 30.5 Å². The quantitative estimate of drug-likeness (QED) is 0.553. The highest BCUT2D eigenvalue weighted by Crippen LogP contribution is 2.28. The summed E-state index contributed by atoms with van der Waals surface area (Å²) < 4.78 is 13.1. The molecule has 0 atom stereocenters. The number of hydrogen-bond donors (Lipinski definition) is 3. The second-order valence-electron chi connectivity index (χ2n) is 7.34. The molecule has 1 aliphatic rings. The molecule has 8 nitrogen and oxygen atoms in total. The summed E-state index contributed by atoms with van der Waals surface area (Å²) in [6.45, 7) is 2.41. The molecule has 0 spiro atoms. The molecule has 1 fully saturated rings. The van der Waals surface area contributed by atoms with Crippen LogP contribution >= 0.6 is 0 Å². The number of benzene rings is 1. The zero-order chi connectivity index (χ0) is 21.8. The van der Waals surface area contributed by atoms with Gasteiger partial charge in [0.1, 0.15) is 11.3 Å². The third kappa shape index (κ3) is 4.77. The van der Waals surface area contributed by atoms with Crippen molar-refractivity contribution in [3.63, 3.8) is 0 Å². The molecule has 3 aromatic rings. The first-order chi connectivity index (χ1) is 15.0. The predicted octanol–water partition coefficient (Wildman–Crippen LogP) is 1.38. The van der Waals surface area contributed by atoms with E-state index in [1.165, 1.54) is 12.1 Å². The van der Waals surface area contributed by atoms with Gasteiger partial charge in [-0.05, 0) is 29.8 Å². The van der Waals surface area contributed by atoms with Crippen LogP contribution in [0.15, 0.2) is 42.6 Å². The van der Waals surface area contributed by atoms with E-state index in [2.05, 4.69) is 20.6 Å². The average molecular weight is 423 g/mol. The molecule has 4 rings (SSSR count). The molecular weight excluding hydrogens is 401 g/mol. The van der Waals surface area contributed by atoms with E-state index >= 15 is 0 Å². The third-order valence-corrected chi connectivity index (χ3v) is 5.18. The molecule has 31 heavy (non-hydrogen) atoms. The van der Waals surface area contributed by atoms with Gasteiger partial charge in [-0.15, -0.1) is 0 Å². The first-order valence-electron chi connectivity index (χ1n) is 9.99. The summed E-state index contributed by atoms with van der Waals surface area (Å²) >= 11 is 0. The Balaban J connectivity index is 1.56. The van der Waals surface area contributed by atoms with Gasteiger partial charge in [-0.25, -0.2) is 9.37 Å². The normalized spacial score (nSPS) is 14.4. The Morgan fingerprint density at radius 2 is 2.06 bits per heavy atom. The molecule has 2 aromatic heterocycles. The number of carbonyl (C=O) groups excluding carboxylic acids is 2. The smallest absolute Gasteiger partial charge is 0.274 e. The number of hydrogen-bond acceptors (Lipinski definition) is 6. The van der Waals surface area contributed by atoms with Crippen molar-refractivity contribution in [2.75, 3.05) is 26.2 Å². The van der Waals surface area contributed by atoms with E-state index in [0.717, 1.165) is 12.1 Å². The third-order valence-electron chi connectivity index (χ3n) is 5.18. The zero-order valence-electron chi connectivity index (χ0n) is 16.8. The summed E-state index contributed by atoms with van der Waals surface area (Å²) in [7, 11) is 0. The highest BCUT2D eigenvalue weighted by atomic mass is 19.1. The van der Waals surface area contributed by atoms with Gasteiger partial charge in [0.15, 0.2) is 11.4 Å². The summed E-state index contributed by atoms with van der Waals surface area (Å²) in [5.74, 6) is -1.20. The lowest BCUT2D eigenvalue weighted by Gasteiger charge is -2.26. The monoisotopic (exact) mass is 423 g/mol. The number of amides is 2. The number of nitrogens with one attached hydrogen (secondary N) is 2. The summed E-state index contributed by atoms with van der Waals surface area (Å²) in [4.78, 5) is 35.0. The van der Waals surface area contributed by atoms with Crippen LogP contribution < -0.4 is 10.6 Å². The number of pyridine rings is 2. The fraction of sp³-hybridized carbons (Fsp3) is 0.273. The van der Waals surface area contributed by atoms with E-state index in [-0.39, 0.29) is 29.7 Å². The summed E-state index contributed by atoms with van der Waals surface area (Å²) in [5.41, 5.74) is 1.53. The number of halogens is 1. The van der Waals surface area contributed by atoms with Crippen molar-refractivity contribution in [3.05, 3.63) is 65.4 Å². The number of piperazine rings is 1. The van der Waals surface area contributed by atoms with Crippen molar-refractivity contribution in [3.8, 4) is 5.75 Å². The Hall–Kier alpha value is -3.59. The fourth-order valence-corrected chi connectivity index (χ4v) is 3.55. The molecule has 0 saturated carbocycles. The minimum Gasteiger partial charge on any atom is -0.504 e. The van der Waals surface area contributed by atoms with Crippen LogP contribution in [0.4, 0.5) is 4.39 Å². The van der Waals surface area contributed by atoms with Crippen LogP contribution in [-0.4, -0.2) is 58.0 Å². The Morgan fingerprint density at radius 1 is 1.26 bits per heavy atom. The average Bonchev–Trinajstić information content (AvgIpc) is 2.78. The first-order valence-corrected chi connectivity index (χ1v) is 9.99. The van der Waals surface area contributed by atoms with Crippen LogP contribution in [0.1, 0.15) is 21.7 Å². The summed E-state index contributed by atoms with van der Waals surface area (Å²) in [5, 5.41) is 16.8. The lowest BCUT2D eigenvalue weighted by atomic mass is 10.1. The number of aromatic nitrogens is 2. The van der Waals surface area contributed by atoms with Gasteiger partial charge in [0.05, 0.1) is 12.2 Å². The van der Waals surface area contributed by atoms with Crippen LogP contribution in [0, 0.1) is 5.82 Å². The number of rotatable bonds is 6. The molecule has 3 heterocycles. The summed E-state index contributed by atoms with van der Waals surface area (Å²) in [6, 6.07) is 9.32. The van der Waals surface area contributed by atoms with Gasteiger partial charge in [-0.1, -0.05) is 12.1 Å². The van der Waals surface area contributed by atoms with E-state index in [0.29, 0.717) is 42.7 Å².